The van der Waals surface area contributed by atoms with Crippen LogP contribution in [0.25, 0.3) is 0 Å². The molecule has 2 amide bonds. The Morgan fingerprint density at radius 3 is 2.59 bits per heavy atom. The zero-order chi connectivity index (χ0) is 15.7. The Labute approximate surface area is 132 Å². The SMILES string of the molecule is Cc1ccc(N2C[C@@H](C(=O)N3CCCC[C@H]3C)CC2=O)cc1. The minimum atomic E-state index is -0.186. The van der Waals surface area contributed by atoms with Gasteiger partial charge in [0.25, 0.3) is 0 Å². The Kier molecular flexibility index (Phi) is 4.19. The van der Waals surface area contributed by atoms with E-state index in [1.54, 1.807) is 4.90 Å². The van der Waals surface area contributed by atoms with Crippen LogP contribution in [0.1, 0.15) is 38.2 Å². The van der Waals surface area contributed by atoms with Crippen molar-refractivity contribution in [2.45, 2.75) is 45.6 Å². The standard InChI is InChI=1S/C18H24N2O2/c1-13-6-8-16(9-7-13)20-12-15(11-17(20)21)18(22)19-10-4-3-5-14(19)2/h6-9,14-15H,3-5,10-12H2,1-2H3/t14-,15+/m1/s1. The summed E-state index contributed by atoms with van der Waals surface area (Å²) in [6.45, 7) is 5.50. The summed E-state index contributed by atoms with van der Waals surface area (Å²) >= 11 is 0. The average molecular weight is 300 g/mol. The lowest BCUT2D eigenvalue weighted by atomic mass is 9.99. The maximum Gasteiger partial charge on any atom is 0.228 e. The molecule has 22 heavy (non-hydrogen) atoms. The first-order valence-corrected chi connectivity index (χ1v) is 8.24. The van der Waals surface area contributed by atoms with Crippen LogP contribution in [0, 0.1) is 12.8 Å². The van der Waals surface area contributed by atoms with E-state index in [1.165, 1.54) is 12.0 Å². The number of nitrogens with zero attached hydrogens (tertiary/aromatic N) is 2. The summed E-state index contributed by atoms with van der Waals surface area (Å²) in [5, 5.41) is 0. The molecular formula is C18H24N2O2. The number of anilines is 1. The molecule has 1 aromatic carbocycles. The van der Waals surface area contributed by atoms with Crippen LogP contribution in [0.3, 0.4) is 0 Å². The fourth-order valence-electron chi connectivity index (χ4n) is 3.51. The average Bonchev–Trinajstić information content (AvgIpc) is 2.90. The lowest BCUT2D eigenvalue weighted by molar-refractivity contribution is -0.139. The zero-order valence-electron chi connectivity index (χ0n) is 13.4. The maximum atomic E-state index is 12.7. The molecule has 0 aliphatic carbocycles. The number of aryl methyl sites for hydroxylation is 1. The van der Waals surface area contributed by atoms with Gasteiger partial charge in [0, 0.05) is 31.2 Å². The van der Waals surface area contributed by atoms with Crippen LogP contribution in [0.15, 0.2) is 24.3 Å². The second-order valence-corrected chi connectivity index (χ2v) is 6.62. The van der Waals surface area contributed by atoms with Crippen molar-refractivity contribution < 1.29 is 9.59 Å². The summed E-state index contributed by atoms with van der Waals surface area (Å²) < 4.78 is 0. The van der Waals surface area contributed by atoms with E-state index < -0.39 is 0 Å². The summed E-state index contributed by atoms with van der Waals surface area (Å²) in [4.78, 5) is 28.8. The fourth-order valence-corrected chi connectivity index (χ4v) is 3.51. The van der Waals surface area contributed by atoms with Crippen molar-refractivity contribution in [3.8, 4) is 0 Å². The second-order valence-electron chi connectivity index (χ2n) is 6.62. The molecule has 2 atom stereocenters. The van der Waals surface area contributed by atoms with Gasteiger partial charge in [-0.15, -0.1) is 0 Å². The molecule has 4 nitrogen and oxygen atoms in total. The first-order chi connectivity index (χ1) is 10.6. The molecule has 0 radical (unpaired) electrons. The topological polar surface area (TPSA) is 40.6 Å². The second kappa shape index (κ2) is 6.11. The van der Waals surface area contributed by atoms with Gasteiger partial charge in [-0.3, -0.25) is 9.59 Å². The molecule has 4 heteroatoms. The van der Waals surface area contributed by atoms with Crippen LogP contribution in [0.5, 0.6) is 0 Å². The summed E-state index contributed by atoms with van der Waals surface area (Å²) in [6.07, 6.45) is 3.70. The molecule has 2 heterocycles. The molecule has 118 valence electrons. The maximum absolute atomic E-state index is 12.7. The summed E-state index contributed by atoms with van der Waals surface area (Å²) in [7, 11) is 0. The van der Waals surface area contributed by atoms with Gasteiger partial charge in [0.1, 0.15) is 0 Å². The Balaban J connectivity index is 1.71. The van der Waals surface area contributed by atoms with Crippen molar-refractivity contribution >= 4 is 17.5 Å². The molecular weight excluding hydrogens is 276 g/mol. The van der Waals surface area contributed by atoms with Crippen molar-refractivity contribution in [1.29, 1.82) is 0 Å². The van der Waals surface area contributed by atoms with Crippen LogP contribution >= 0.6 is 0 Å². The Morgan fingerprint density at radius 2 is 1.91 bits per heavy atom. The number of benzene rings is 1. The molecule has 0 bridgehead atoms. The van der Waals surface area contributed by atoms with Crippen molar-refractivity contribution in [3.05, 3.63) is 29.8 Å². The normalized spacial score (nSPS) is 25.6. The molecule has 0 unspecified atom stereocenters. The van der Waals surface area contributed by atoms with E-state index in [-0.39, 0.29) is 17.7 Å². The third-order valence-corrected chi connectivity index (χ3v) is 4.91. The highest BCUT2D eigenvalue weighted by molar-refractivity contribution is 6.00. The van der Waals surface area contributed by atoms with Crippen LogP contribution in [0.2, 0.25) is 0 Å². The Hall–Kier alpha value is -1.84. The minimum absolute atomic E-state index is 0.0619. The van der Waals surface area contributed by atoms with Gasteiger partial charge >= 0.3 is 0 Å². The lowest BCUT2D eigenvalue weighted by Crippen LogP contribution is -2.45. The molecule has 1 aromatic rings. The molecule has 0 saturated carbocycles. The van der Waals surface area contributed by atoms with Gasteiger partial charge in [0.05, 0.1) is 5.92 Å². The highest BCUT2D eigenvalue weighted by atomic mass is 16.2. The summed E-state index contributed by atoms with van der Waals surface area (Å²) in [5.74, 6) is 0.0383. The van der Waals surface area contributed by atoms with E-state index in [0.29, 0.717) is 19.0 Å². The molecule has 0 N–H and O–H groups in total. The van der Waals surface area contributed by atoms with Gasteiger partial charge in [0.15, 0.2) is 0 Å². The molecule has 0 aromatic heterocycles. The first-order valence-electron chi connectivity index (χ1n) is 8.24. The van der Waals surface area contributed by atoms with Crippen molar-refractivity contribution in [3.63, 3.8) is 0 Å². The van der Waals surface area contributed by atoms with Crippen LogP contribution < -0.4 is 4.90 Å². The summed E-state index contributed by atoms with van der Waals surface area (Å²) in [5.41, 5.74) is 2.07. The number of carbonyl (C=O) groups excluding carboxylic acids is 2. The van der Waals surface area contributed by atoms with Gasteiger partial charge in [-0.05, 0) is 45.2 Å². The fraction of sp³-hybridized carbons (Fsp3) is 0.556. The molecule has 3 rings (SSSR count). The van der Waals surface area contributed by atoms with Gasteiger partial charge < -0.3 is 9.80 Å². The molecule has 2 aliphatic rings. The number of piperidine rings is 1. The first kappa shape index (κ1) is 15.1. The minimum Gasteiger partial charge on any atom is -0.340 e. The highest BCUT2D eigenvalue weighted by Gasteiger charge is 2.38. The van der Waals surface area contributed by atoms with Crippen LogP contribution in [-0.2, 0) is 9.59 Å². The van der Waals surface area contributed by atoms with E-state index >= 15 is 0 Å². The lowest BCUT2D eigenvalue weighted by Gasteiger charge is -2.35. The predicted octanol–water partition coefficient (Wildman–Crippen LogP) is 2.75. The molecule has 2 fully saturated rings. The van der Waals surface area contributed by atoms with Crippen molar-refractivity contribution in [2.24, 2.45) is 5.92 Å². The van der Waals surface area contributed by atoms with E-state index in [4.69, 9.17) is 0 Å². The molecule has 0 spiro atoms. The van der Waals surface area contributed by atoms with Crippen molar-refractivity contribution in [2.75, 3.05) is 18.0 Å². The van der Waals surface area contributed by atoms with Gasteiger partial charge in [-0.1, -0.05) is 17.7 Å². The van der Waals surface area contributed by atoms with E-state index in [1.807, 2.05) is 36.1 Å². The highest BCUT2D eigenvalue weighted by Crippen LogP contribution is 2.28. The zero-order valence-corrected chi connectivity index (χ0v) is 13.4. The third-order valence-electron chi connectivity index (χ3n) is 4.91. The van der Waals surface area contributed by atoms with E-state index in [9.17, 15) is 9.59 Å². The van der Waals surface area contributed by atoms with Crippen molar-refractivity contribution in [1.82, 2.24) is 4.90 Å². The monoisotopic (exact) mass is 300 g/mol. The quantitative estimate of drug-likeness (QED) is 0.842. The van der Waals surface area contributed by atoms with Crippen LogP contribution in [-0.4, -0.2) is 35.8 Å². The van der Waals surface area contributed by atoms with Gasteiger partial charge in [-0.2, -0.15) is 0 Å². The predicted molar refractivity (Wildman–Crippen MR) is 86.7 cm³/mol. The van der Waals surface area contributed by atoms with Gasteiger partial charge in [-0.25, -0.2) is 0 Å². The smallest absolute Gasteiger partial charge is 0.228 e. The number of likely N-dealkylation sites (tertiary alicyclic amines) is 1. The number of hydrogen-bond acceptors (Lipinski definition) is 2. The molecule has 2 aliphatic heterocycles. The largest absolute Gasteiger partial charge is 0.340 e. The summed E-state index contributed by atoms with van der Waals surface area (Å²) in [6, 6.07) is 8.24. The Morgan fingerprint density at radius 1 is 1.18 bits per heavy atom. The van der Waals surface area contributed by atoms with Crippen LogP contribution in [0.4, 0.5) is 5.69 Å². The Bertz CT molecular complexity index is 567. The molecule has 2 saturated heterocycles. The number of rotatable bonds is 2. The van der Waals surface area contributed by atoms with Gasteiger partial charge in [0.2, 0.25) is 11.8 Å². The van der Waals surface area contributed by atoms with E-state index in [0.717, 1.165) is 25.1 Å². The third kappa shape index (κ3) is 2.87. The van der Waals surface area contributed by atoms with E-state index in [2.05, 4.69) is 6.92 Å². The number of carbonyl (C=O) groups is 2. The number of hydrogen-bond donors (Lipinski definition) is 0. The number of amides is 2.